The third kappa shape index (κ3) is 3.40. The molecule has 0 N–H and O–H groups in total. The first-order chi connectivity index (χ1) is 13.5. The second-order valence-electron chi connectivity index (χ2n) is 6.39. The number of benzene rings is 1. The van der Waals surface area contributed by atoms with Gasteiger partial charge in [0.15, 0.2) is 11.6 Å². The van der Waals surface area contributed by atoms with Gasteiger partial charge >= 0.3 is 0 Å². The molecule has 1 unspecified atom stereocenters. The zero-order chi connectivity index (χ0) is 19.7. The van der Waals surface area contributed by atoms with Crippen molar-refractivity contribution in [2.24, 2.45) is 0 Å². The molecule has 0 aliphatic carbocycles. The lowest BCUT2D eigenvalue weighted by Gasteiger charge is -2.32. The molecule has 1 aliphatic rings. The quantitative estimate of drug-likeness (QED) is 0.660. The highest BCUT2D eigenvalue weighted by atomic mass is 32.2. The summed E-state index contributed by atoms with van der Waals surface area (Å²) >= 11 is 0. The topological polar surface area (TPSA) is 89.2 Å². The van der Waals surface area contributed by atoms with Crippen molar-refractivity contribution in [1.82, 2.24) is 19.5 Å². The van der Waals surface area contributed by atoms with Gasteiger partial charge in [-0.3, -0.25) is 4.98 Å². The van der Waals surface area contributed by atoms with E-state index in [2.05, 4.69) is 15.2 Å². The fraction of sp³-hybridized carbons (Fsp3) is 0.278. The first kappa shape index (κ1) is 18.6. The molecule has 28 heavy (non-hydrogen) atoms. The van der Waals surface area contributed by atoms with Gasteiger partial charge in [0, 0.05) is 18.9 Å². The van der Waals surface area contributed by atoms with E-state index in [9.17, 15) is 17.2 Å². The molecule has 3 heterocycles. The maximum atomic E-state index is 13.6. The Bertz CT molecular complexity index is 1090. The summed E-state index contributed by atoms with van der Waals surface area (Å²) in [6.45, 7) is 0.219. The van der Waals surface area contributed by atoms with Gasteiger partial charge in [-0.2, -0.15) is 4.31 Å². The minimum atomic E-state index is -4.07. The highest BCUT2D eigenvalue weighted by Crippen LogP contribution is 2.36. The number of sulfonamides is 1. The number of hydrogen-bond donors (Lipinski definition) is 0. The number of rotatable bonds is 4. The van der Waals surface area contributed by atoms with Crippen LogP contribution >= 0.6 is 0 Å². The molecular formula is C18H16F2N4O3S. The lowest BCUT2D eigenvalue weighted by atomic mass is 10.1. The van der Waals surface area contributed by atoms with Gasteiger partial charge < -0.3 is 4.42 Å². The Balaban J connectivity index is 1.68. The van der Waals surface area contributed by atoms with Gasteiger partial charge in [0.25, 0.3) is 0 Å². The van der Waals surface area contributed by atoms with Gasteiger partial charge in [0.1, 0.15) is 6.04 Å². The molecule has 1 saturated heterocycles. The van der Waals surface area contributed by atoms with E-state index < -0.39 is 27.7 Å². The van der Waals surface area contributed by atoms with Crippen LogP contribution in [0, 0.1) is 11.6 Å². The summed E-state index contributed by atoms with van der Waals surface area (Å²) in [5, 5.41) is 8.01. The summed E-state index contributed by atoms with van der Waals surface area (Å²) in [5.41, 5.74) is 0.618. The van der Waals surface area contributed by atoms with Crippen LogP contribution in [0.25, 0.3) is 11.5 Å². The van der Waals surface area contributed by atoms with Crippen molar-refractivity contribution in [2.75, 3.05) is 6.54 Å². The third-order valence-electron chi connectivity index (χ3n) is 4.59. The van der Waals surface area contributed by atoms with Gasteiger partial charge in [-0.05, 0) is 43.2 Å². The predicted molar refractivity (Wildman–Crippen MR) is 94.4 cm³/mol. The average molecular weight is 406 g/mol. The van der Waals surface area contributed by atoms with Crippen molar-refractivity contribution in [2.45, 2.75) is 30.2 Å². The first-order valence-electron chi connectivity index (χ1n) is 8.67. The van der Waals surface area contributed by atoms with Crippen LogP contribution in [0.4, 0.5) is 8.78 Å². The summed E-state index contributed by atoms with van der Waals surface area (Å²) < 4.78 is 59.8. The molecule has 0 radical (unpaired) electrons. The van der Waals surface area contributed by atoms with Gasteiger partial charge in [-0.1, -0.05) is 6.42 Å². The molecule has 0 bridgehead atoms. The van der Waals surface area contributed by atoms with E-state index in [4.69, 9.17) is 4.42 Å². The molecule has 0 amide bonds. The molecule has 1 atom stereocenters. The van der Waals surface area contributed by atoms with Crippen molar-refractivity contribution in [1.29, 1.82) is 0 Å². The zero-order valence-corrected chi connectivity index (χ0v) is 15.4. The molecule has 1 fully saturated rings. The van der Waals surface area contributed by atoms with E-state index >= 15 is 0 Å². The van der Waals surface area contributed by atoms with Crippen molar-refractivity contribution in [3.63, 3.8) is 0 Å². The molecule has 1 aliphatic heterocycles. The second-order valence-corrected chi connectivity index (χ2v) is 8.28. The lowest BCUT2D eigenvalue weighted by molar-refractivity contribution is 0.220. The van der Waals surface area contributed by atoms with Gasteiger partial charge in [0.05, 0.1) is 10.5 Å². The Hall–Kier alpha value is -2.72. The molecule has 1 aromatic carbocycles. The van der Waals surface area contributed by atoms with E-state index in [1.807, 2.05) is 0 Å². The van der Waals surface area contributed by atoms with Crippen LogP contribution in [-0.2, 0) is 10.0 Å². The van der Waals surface area contributed by atoms with Crippen LogP contribution in [-0.4, -0.2) is 34.4 Å². The first-order valence-corrected chi connectivity index (χ1v) is 10.1. The highest BCUT2D eigenvalue weighted by Gasteiger charge is 2.37. The van der Waals surface area contributed by atoms with E-state index in [0.717, 1.165) is 18.6 Å². The number of hydrogen-bond acceptors (Lipinski definition) is 6. The Morgan fingerprint density at radius 2 is 1.96 bits per heavy atom. The van der Waals surface area contributed by atoms with Crippen LogP contribution in [0.1, 0.15) is 31.2 Å². The number of halogens is 2. The van der Waals surface area contributed by atoms with E-state index in [1.54, 1.807) is 24.5 Å². The molecular weight excluding hydrogens is 390 g/mol. The summed E-state index contributed by atoms with van der Waals surface area (Å²) in [7, 11) is -4.07. The Labute approximate surface area is 160 Å². The molecule has 2 aromatic heterocycles. The smallest absolute Gasteiger partial charge is 0.249 e. The van der Waals surface area contributed by atoms with Crippen molar-refractivity contribution in [3.05, 3.63) is 60.3 Å². The van der Waals surface area contributed by atoms with E-state index in [-0.39, 0.29) is 23.2 Å². The third-order valence-corrected chi connectivity index (χ3v) is 6.49. The maximum Gasteiger partial charge on any atom is 0.249 e. The summed E-state index contributed by atoms with van der Waals surface area (Å²) in [6, 6.07) is 5.33. The van der Waals surface area contributed by atoms with Crippen LogP contribution in [0.5, 0.6) is 0 Å². The van der Waals surface area contributed by atoms with Crippen LogP contribution in [0.15, 0.2) is 52.0 Å². The zero-order valence-electron chi connectivity index (χ0n) is 14.6. The standard InChI is InChI=1S/C18H16F2N4O3S/c19-14-7-6-13(10-15(14)20)28(25,26)24-9-2-1-5-16(24)18-23-22-17(27-18)12-4-3-8-21-11-12/h3-4,6-8,10-11,16H,1-2,5,9H2. The van der Waals surface area contributed by atoms with Crippen molar-refractivity contribution >= 4 is 10.0 Å². The van der Waals surface area contributed by atoms with Gasteiger partial charge in [-0.15, -0.1) is 10.2 Å². The minimum absolute atomic E-state index is 0.157. The molecule has 7 nitrogen and oxygen atoms in total. The van der Waals surface area contributed by atoms with Gasteiger partial charge in [0.2, 0.25) is 21.8 Å². The fourth-order valence-electron chi connectivity index (χ4n) is 3.19. The number of aromatic nitrogens is 3. The SMILES string of the molecule is O=S(=O)(c1ccc(F)c(F)c1)N1CCCCC1c1nnc(-c2cccnc2)o1. The monoisotopic (exact) mass is 406 g/mol. The van der Waals surface area contributed by atoms with Crippen molar-refractivity contribution < 1.29 is 21.6 Å². The molecule has 10 heteroatoms. The molecule has 0 saturated carbocycles. The lowest BCUT2D eigenvalue weighted by Crippen LogP contribution is -2.38. The Kier molecular flexibility index (Phi) is 4.90. The van der Waals surface area contributed by atoms with E-state index in [1.165, 1.54) is 4.31 Å². The second kappa shape index (κ2) is 7.36. The van der Waals surface area contributed by atoms with Crippen LogP contribution in [0.2, 0.25) is 0 Å². The number of pyridine rings is 1. The van der Waals surface area contributed by atoms with Gasteiger partial charge in [-0.25, -0.2) is 17.2 Å². The highest BCUT2D eigenvalue weighted by molar-refractivity contribution is 7.89. The minimum Gasteiger partial charge on any atom is -0.419 e. The summed E-state index contributed by atoms with van der Waals surface area (Å²) in [4.78, 5) is 3.68. The summed E-state index contributed by atoms with van der Waals surface area (Å²) in [6.07, 6.45) is 5.08. The fourth-order valence-corrected chi connectivity index (χ4v) is 4.85. The van der Waals surface area contributed by atoms with E-state index in [0.29, 0.717) is 24.5 Å². The molecule has 4 rings (SSSR count). The molecule has 146 valence electrons. The molecule has 3 aromatic rings. The predicted octanol–water partition coefficient (Wildman–Crippen LogP) is 3.33. The number of nitrogens with zero attached hydrogens (tertiary/aromatic N) is 4. The Morgan fingerprint density at radius 1 is 1.11 bits per heavy atom. The van der Waals surface area contributed by atoms with Crippen molar-refractivity contribution in [3.8, 4) is 11.5 Å². The summed E-state index contributed by atoms with van der Waals surface area (Å²) in [5.74, 6) is -1.93. The Morgan fingerprint density at radius 3 is 2.71 bits per heavy atom. The molecule has 0 spiro atoms. The van der Waals surface area contributed by atoms with Crippen LogP contribution in [0.3, 0.4) is 0 Å². The number of piperidine rings is 1. The van der Waals surface area contributed by atoms with Crippen LogP contribution < -0.4 is 0 Å². The average Bonchev–Trinajstić information content (AvgIpc) is 3.21. The maximum absolute atomic E-state index is 13.6. The largest absolute Gasteiger partial charge is 0.419 e. The normalized spacial score (nSPS) is 18.3.